The van der Waals surface area contributed by atoms with Crippen molar-refractivity contribution in [3.8, 4) is 0 Å². The summed E-state index contributed by atoms with van der Waals surface area (Å²) in [6.07, 6.45) is 6.86. The third-order valence-corrected chi connectivity index (χ3v) is 7.20. The molecular formula is C27H30ClN5O2S. The lowest BCUT2D eigenvalue weighted by Gasteiger charge is -2.28. The molecule has 1 aliphatic heterocycles. The number of hydrogen-bond donors (Lipinski definition) is 2. The van der Waals surface area contributed by atoms with Crippen LogP contribution >= 0.6 is 22.9 Å². The number of benzene rings is 2. The summed E-state index contributed by atoms with van der Waals surface area (Å²) < 4.78 is 0. The molecular weight excluding hydrogens is 494 g/mol. The summed E-state index contributed by atoms with van der Waals surface area (Å²) in [6, 6.07) is 11.6. The molecule has 0 aliphatic carbocycles. The molecule has 2 N–H and O–H groups in total. The van der Waals surface area contributed by atoms with Crippen LogP contribution in [0.4, 0.5) is 16.5 Å². The van der Waals surface area contributed by atoms with Crippen molar-refractivity contribution in [2.75, 3.05) is 37.8 Å². The summed E-state index contributed by atoms with van der Waals surface area (Å²) >= 11 is 7.50. The van der Waals surface area contributed by atoms with Gasteiger partial charge in [0.15, 0.2) is 5.13 Å². The Morgan fingerprint density at radius 1 is 1.22 bits per heavy atom. The van der Waals surface area contributed by atoms with Crippen LogP contribution in [0.5, 0.6) is 0 Å². The number of para-hydroxylation sites is 1. The predicted molar refractivity (Wildman–Crippen MR) is 147 cm³/mol. The van der Waals surface area contributed by atoms with E-state index in [0.29, 0.717) is 33.8 Å². The Balaban J connectivity index is 1.39. The zero-order valence-electron chi connectivity index (χ0n) is 20.7. The Labute approximate surface area is 220 Å². The highest BCUT2D eigenvalue weighted by atomic mass is 35.5. The van der Waals surface area contributed by atoms with Gasteiger partial charge in [-0.15, -0.1) is 0 Å². The minimum absolute atomic E-state index is 0.0436. The molecule has 2 heterocycles. The Morgan fingerprint density at radius 2 is 2.06 bits per heavy atom. The van der Waals surface area contributed by atoms with Crippen LogP contribution in [-0.4, -0.2) is 53.8 Å². The predicted octanol–water partition coefficient (Wildman–Crippen LogP) is 5.49. The van der Waals surface area contributed by atoms with Crippen molar-refractivity contribution in [3.63, 3.8) is 0 Å². The van der Waals surface area contributed by atoms with E-state index in [2.05, 4.69) is 32.7 Å². The second-order valence-electron chi connectivity index (χ2n) is 9.03. The van der Waals surface area contributed by atoms with Gasteiger partial charge in [0.05, 0.1) is 16.9 Å². The SMILES string of the molecule is Cc1cccc(Cl)c1NC(=O)c1cnc(Nc2ccc3c(c2)CN(C(=O)C=CCCN(C)C)CC3)s1. The maximum absolute atomic E-state index is 12.7. The molecule has 0 atom stereocenters. The molecule has 188 valence electrons. The summed E-state index contributed by atoms with van der Waals surface area (Å²) in [6.45, 7) is 4.10. The average molecular weight is 524 g/mol. The highest BCUT2D eigenvalue weighted by molar-refractivity contribution is 7.17. The lowest BCUT2D eigenvalue weighted by molar-refractivity contribution is -0.126. The molecule has 0 bridgehead atoms. The third kappa shape index (κ3) is 6.51. The smallest absolute Gasteiger partial charge is 0.267 e. The third-order valence-electron chi connectivity index (χ3n) is 5.97. The number of nitrogens with zero attached hydrogens (tertiary/aromatic N) is 3. The summed E-state index contributed by atoms with van der Waals surface area (Å²) in [5.41, 5.74) is 4.73. The maximum atomic E-state index is 12.7. The second kappa shape index (κ2) is 11.7. The topological polar surface area (TPSA) is 77.6 Å². The van der Waals surface area contributed by atoms with Gasteiger partial charge in [0, 0.05) is 25.3 Å². The molecule has 7 nitrogen and oxygen atoms in total. The molecule has 1 aromatic heterocycles. The van der Waals surface area contributed by atoms with Crippen molar-refractivity contribution in [1.29, 1.82) is 0 Å². The molecule has 9 heteroatoms. The quantitative estimate of drug-likeness (QED) is 0.381. The number of halogens is 1. The summed E-state index contributed by atoms with van der Waals surface area (Å²) in [5.74, 6) is -0.211. The first kappa shape index (κ1) is 25.9. The standard InChI is InChI=1S/C27H30ClN5O2S/c1-18-7-6-8-22(28)25(18)31-26(35)23-16-29-27(36-23)30-21-11-10-19-12-14-33(17-20(19)15-21)24(34)9-4-5-13-32(2)3/h4,6-11,15-16H,5,12-14,17H2,1-3H3,(H,29,30)(H,31,35). The molecule has 0 radical (unpaired) electrons. The van der Waals surface area contributed by atoms with Crippen LogP contribution < -0.4 is 10.6 Å². The number of nitrogens with one attached hydrogen (secondary N) is 2. The Kier molecular flexibility index (Phi) is 8.40. The van der Waals surface area contributed by atoms with Gasteiger partial charge in [0.25, 0.3) is 5.91 Å². The van der Waals surface area contributed by atoms with E-state index in [-0.39, 0.29) is 11.8 Å². The summed E-state index contributed by atoms with van der Waals surface area (Å²) in [7, 11) is 4.04. The molecule has 2 aromatic carbocycles. The van der Waals surface area contributed by atoms with Gasteiger partial charge in [-0.05, 0) is 74.8 Å². The number of rotatable bonds is 8. The normalized spacial score (nSPS) is 13.2. The minimum atomic E-state index is -0.255. The molecule has 36 heavy (non-hydrogen) atoms. The van der Waals surface area contributed by atoms with Crippen molar-refractivity contribution in [1.82, 2.24) is 14.8 Å². The fourth-order valence-electron chi connectivity index (χ4n) is 3.97. The number of fused-ring (bicyclic) bond motifs is 1. The largest absolute Gasteiger partial charge is 0.335 e. The van der Waals surface area contributed by atoms with E-state index in [0.717, 1.165) is 36.2 Å². The molecule has 1 aliphatic rings. The fourth-order valence-corrected chi connectivity index (χ4v) is 4.97. The van der Waals surface area contributed by atoms with Gasteiger partial charge in [-0.1, -0.05) is 47.2 Å². The Morgan fingerprint density at radius 3 is 2.83 bits per heavy atom. The number of carbonyl (C=O) groups excluding carboxylic acids is 2. The zero-order valence-corrected chi connectivity index (χ0v) is 22.2. The molecule has 0 saturated carbocycles. The number of anilines is 3. The Hall–Kier alpha value is -3.20. The van der Waals surface area contributed by atoms with Gasteiger partial charge in [-0.3, -0.25) is 9.59 Å². The van der Waals surface area contributed by atoms with E-state index in [1.165, 1.54) is 16.9 Å². The minimum Gasteiger partial charge on any atom is -0.335 e. The van der Waals surface area contributed by atoms with E-state index >= 15 is 0 Å². The first-order valence-electron chi connectivity index (χ1n) is 11.8. The van der Waals surface area contributed by atoms with Crippen LogP contribution in [0.2, 0.25) is 5.02 Å². The fraction of sp³-hybridized carbons (Fsp3) is 0.296. The van der Waals surface area contributed by atoms with Gasteiger partial charge in [-0.25, -0.2) is 4.98 Å². The van der Waals surface area contributed by atoms with E-state index in [1.54, 1.807) is 18.3 Å². The average Bonchev–Trinajstić information content (AvgIpc) is 3.32. The van der Waals surface area contributed by atoms with E-state index in [1.807, 2.05) is 50.2 Å². The number of amides is 2. The number of aryl methyl sites for hydroxylation is 1. The molecule has 2 amide bonds. The van der Waals surface area contributed by atoms with Crippen molar-refractivity contribution in [2.24, 2.45) is 0 Å². The maximum Gasteiger partial charge on any atom is 0.267 e. The van der Waals surface area contributed by atoms with Crippen molar-refractivity contribution in [3.05, 3.63) is 81.3 Å². The van der Waals surface area contributed by atoms with Crippen LogP contribution in [0.3, 0.4) is 0 Å². The van der Waals surface area contributed by atoms with Gasteiger partial charge >= 0.3 is 0 Å². The number of hydrogen-bond acceptors (Lipinski definition) is 6. The van der Waals surface area contributed by atoms with Gasteiger partial charge in [0.2, 0.25) is 5.91 Å². The van der Waals surface area contributed by atoms with E-state index in [4.69, 9.17) is 11.6 Å². The lowest BCUT2D eigenvalue weighted by Crippen LogP contribution is -2.34. The summed E-state index contributed by atoms with van der Waals surface area (Å²) in [5, 5.41) is 7.28. The van der Waals surface area contributed by atoms with Crippen LogP contribution in [0.15, 0.2) is 54.7 Å². The van der Waals surface area contributed by atoms with Crippen molar-refractivity contribution >= 4 is 51.3 Å². The molecule has 0 unspecified atom stereocenters. The molecule has 3 aromatic rings. The number of aromatic nitrogens is 1. The van der Waals surface area contributed by atoms with E-state index < -0.39 is 0 Å². The highest BCUT2D eigenvalue weighted by Gasteiger charge is 2.20. The monoisotopic (exact) mass is 523 g/mol. The van der Waals surface area contributed by atoms with Gasteiger partial charge in [0.1, 0.15) is 4.88 Å². The molecule has 0 fully saturated rings. The Bertz CT molecular complexity index is 1270. The van der Waals surface area contributed by atoms with Crippen molar-refractivity contribution in [2.45, 2.75) is 26.3 Å². The van der Waals surface area contributed by atoms with Crippen molar-refractivity contribution < 1.29 is 9.59 Å². The van der Waals surface area contributed by atoms with E-state index in [9.17, 15) is 9.59 Å². The zero-order chi connectivity index (χ0) is 25.7. The summed E-state index contributed by atoms with van der Waals surface area (Å²) in [4.78, 5) is 34.2. The van der Waals surface area contributed by atoms with Crippen LogP contribution in [0, 0.1) is 6.92 Å². The first-order chi connectivity index (χ1) is 17.3. The van der Waals surface area contributed by atoms with Gasteiger partial charge < -0.3 is 20.4 Å². The molecule has 0 spiro atoms. The molecule has 0 saturated heterocycles. The highest BCUT2D eigenvalue weighted by Crippen LogP contribution is 2.29. The number of carbonyl (C=O) groups is 2. The van der Waals surface area contributed by atoms with Crippen LogP contribution in [-0.2, 0) is 17.8 Å². The lowest BCUT2D eigenvalue weighted by atomic mass is 9.99. The van der Waals surface area contributed by atoms with Gasteiger partial charge in [-0.2, -0.15) is 0 Å². The molecule has 4 rings (SSSR count). The first-order valence-corrected chi connectivity index (χ1v) is 13.0. The van der Waals surface area contributed by atoms with Crippen LogP contribution in [0.1, 0.15) is 32.8 Å². The number of thiazole rings is 1. The van der Waals surface area contributed by atoms with Crippen LogP contribution in [0.25, 0.3) is 0 Å². The second-order valence-corrected chi connectivity index (χ2v) is 10.5.